The molecule has 1 fully saturated rings. The van der Waals surface area contributed by atoms with Crippen molar-refractivity contribution in [2.24, 2.45) is 0 Å². The third kappa shape index (κ3) is 2.63. The molecule has 1 aromatic rings. The molecule has 23 heavy (non-hydrogen) atoms. The molecule has 1 saturated heterocycles. The summed E-state index contributed by atoms with van der Waals surface area (Å²) in [6, 6.07) is 2.36. The summed E-state index contributed by atoms with van der Waals surface area (Å²) in [5.41, 5.74) is 1.51. The van der Waals surface area contributed by atoms with Crippen LogP contribution in [0.15, 0.2) is 17.0 Å². The van der Waals surface area contributed by atoms with E-state index >= 15 is 0 Å². The molecule has 0 aliphatic carbocycles. The van der Waals surface area contributed by atoms with Crippen LogP contribution in [-0.2, 0) is 26.0 Å². The Morgan fingerprint density at radius 2 is 1.91 bits per heavy atom. The summed E-state index contributed by atoms with van der Waals surface area (Å²) >= 11 is 0. The number of imide groups is 1. The Labute approximate surface area is 133 Å². The molecule has 0 aromatic heterocycles. The molecule has 1 N–H and O–H groups in total. The summed E-state index contributed by atoms with van der Waals surface area (Å²) in [6.45, 7) is 1.81. The number of nitrogens with one attached hydrogen (secondary N) is 1. The molecule has 0 radical (unpaired) electrons. The summed E-state index contributed by atoms with van der Waals surface area (Å²) in [4.78, 5) is 37.3. The fourth-order valence-electron chi connectivity index (χ4n) is 3.10. The third-order valence-corrected chi connectivity index (χ3v) is 5.46. The van der Waals surface area contributed by atoms with Crippen LogP contribution in [0.25, 0.3) is 0 Å². The van der Waals surface area contributed by atoms with Crippen LogP contribution >= 0.6 is 0 Å². The molecule has 0 saturated carbocycles. The van der Waals surface area contributed by atoms with E-state index in [0.717, 1.165) is 6.26 Å². The van der Waals surface area contributed by atoms with Gasteiger partial charge in [-0.05, 0) is 36.6 Å². The van der Waals surface area contributed by atoms with Gasteiger partial charge in [0.15, 0.2) is 9.84 Å². The Bertz CT molecular complexity index is 844. The van der Waals surface area contributed by atoms with Crippen molar-refractivity contribution in [3.8, 4) is 0 Å². The lowest BCUT2D eigenvalue weighted by molar-refractivity contribution is -0.136. The lowest BCUT2D eigenvalue weighted by atomic mass is 10.0. The lowest BCUT2D eigenvalue weighted by Gasteiger charge is -2.29. The van der Waals surface area contributed by atoms with Crippen molar-refractivity contribution in [1.29, 1.82) is 0 Å². The molecule has 2 aliphatic heterocycles. The summed E-state index contributed by atoms with van der Waals surface area (Å²) in [7, 11) is -3.39. The molecule has 0 spiro atoms. The van der Waals surface area contributed by atoms with Crippen LogP contribution in [0.4, 0.5) is 0 Å². The van der Waals surface area contributed by atoms with Crippen LogP contribution in [0.5, 0.6) is 0 Å². The Hall–Kier alpha value is -2.22. The smallest absolute Gasteiger partial charge is 0.255 e. The van der Waals surface area contributed by atoms with E-state index < -0.39 is 21.8 Å². The molecule has 3 amide bonds. The predicted molar refractivity (Wildman–Crippen MR) is 80.3 cm³/mol. The van der Waals surface area contributed by atoms with Crippen LogP contribution in [-0.4, -0.2) is 43.3 Å². The zero-order valence-electron chi connectivity index (χ0n) is 12.8. The second kappa shape index (κ2) is 5.16. The number of benzene rings is 1. The number of piperidine rings is 1. The monoisotopic (exact) mass is 336 g/mol. The average Bonchev–Trinajstić information content (AvgIpc) is 2.74. The van der Waals surface area contributed by atoms with Crippen molar-refractivity contribution in [3.05, 3.63) is 28.8 Å². The largest absolute Gasteiger partial charge is 0.322 e. The lowest BCUT2D eigenvalue weighted by Crippen LogP contribution is -2.52. The minimum atomic E-state index is -3.39. The SMILES string of the molecule is Cc1cc2c(cc1S(C)(=O)=O)CN(C1CCC(=O)NC1=O)C2=O. The summed E-state index contributed by atoms with van der Waals surface area (Å²) in [6.07, 6.45) is 1.59. The number of aryl methyl sites for hydroxylation is 1. The molecule has 2 aliphatic rings. The fraction of sp³-hybridized carbons (Fsp3) is 0.400. The van der Waals surface area contributed by atoms with E-state index in [9.17, 15) is 22.8 Å². The van der Waals surface area contributed by atoms with Crippen molar-refractivity contribution in [1.82, 2.24) is 10.2 Å². The zero-order valence-corrected chi connectivity index (χ0v) is 13.6. The first-order valence-corrected chi connectivity index (χ1v) is 9.06. The van der Waals surface area contributed by atoms with Gasteiger partial charge in [-0.15, -0.1) is 0 Å². The van der Waals surface area contributed by atoms with Gasteiger partial charge in [0.25, 0.3) is 5.91 Å². The maximum Gasteiger partial charge on any atom is 0.255 e. The molecule has 1 aromatic carbocycles. The molecule has 1 unspecified atom stereocenters. The number of amides is 3. The second-order valence-corrected chi connectivity index (χ2v) is 7.93. The number of fused-ring (bicyclic) bond motifs is 1. The maximum atomic E-state index is 12.5. The highest BCUT2D eigenvalue weighted by molar-refractivity contribution is 7.90. The van der Waals surface area contributed by atoms with Gasteiger partial charge >= 0.3 is 0 Å². The van der Waals surface area contributed by atoms with Crippen LogP contribution in [0.1, 0.15) is 34.3 Å². The molecule has 1 atom stereocenters. The van der Waals surface area contributed by atoms with Gasteiger partial charge in [0.05, 0.1) is 4.90 Å². The minimum absolute atomic E-state index is 0.170. The van der Waals surface area contributed by atoms with Gasteiger partial charge in [-0.1, -0.05) is 0 Å². The molecular formula is C15H16N2O5S. The number of carbonyl (C=O) groups excluding carboxylic acids is 3. The van der Waals surface area contributed by atoms with E-state index in [0.29, 0.717) is 16.7 Å². The number of nitrogens with zero attached hydrogens (tertiary/aromatic N) is 1. The quantitative estimate of drug-likeness (QED) is 0.775. The highest BCUT2D eigenvalue weighted by atomic mass is 32.2. The average molecular weight is 336 g/mol. The molecule has 8 heteroatoms. The number of hydrogen-bond acceptors (Lipinski definition) is 5. The van der Waals surface area contributed by atoms with E-state index in [1.807, 2.05) is 0 Å². The first-order chi connectivity index (χ1) is 10.7. The van der Waals surface area contributed by atoms with Crippen molar-refractivity contribution in [3.63, 3.8) is 0 Å². The summed E-state index contributed by atoms with van der Waals surface area (Å²) < 4.78 is 23.6. The molecule has 3 rings (SSSR count). The van der Waals surface area contributed by atoms with Gasteiger partial charge in [0.2, 0.25) is 11.8 Å². The standard InChI is InChI=1S/C15H16N2O5S/c1-8-5-10-9(6-12(8)23(2,21)22)7-17(15(10)20)11-3-4-13(18)16-14(11)19/h5-6,11H,3-4,7H2,1-2H3,(H,16,18,19). The highest BCUT2D eigenvalue weighted by Crippen LogP contribution is 2.31. The Kier molecular flexibility index (Phi) is 3.51. The van der Waals surface area contributed by atoms with Crippen LogP contribution in [0, 0.1) is 6.92 Å². The number of hydrogen-bond donors (Lipinski definition) is 1. The van der Waals surface area contributed by atoms with E-state index in [-0.39, 0.29) is 36.1 Å². The second-order valence-electron chi connectivity index (χ2n) is 5.95. The number of carbonyl (C=O) groups is 3. The topological polar surface area (TPSA) is 101 Å². The first kappa shape index (κ1) is 15.7. The van der Waals surface area contributed by atoms with Crippen molar-refractivity contribution >= 4 is 27.6 Å². The molecular weight excluding hydrogens is 320 g/mol. The van der Waals surface area contributed by atoms with E-state index in [1.165, 1.54) is 11.0 Å². The number of rotatable bonds is 2. The van der Waals surface area contributed by atoms with E-state index in [2.05, 4.69) is 5.32 Å². The Morgan fingerprint density at radius 1 is 1.22 bits per heavy atom. The number of sulfone groups is 1. The maximum absolute atomic E-state index is 12.5. The van der Waals surface area contributed by atoms with E-state index in [4.69, 9.17) is 0 Å². The zero-order chi connectivity index (χ0) is 16.9. The van der Waals surface area contributed by atoms with E-state index in [1.54, 1.807) is 13.0 Å². The summed E-state index contributed by atoms with van der Waals surface area (Å²) in [5.74, 6) is -1.13. The first-order valence-electron chi connectivity index (χ1n) is 7.16. The Balaban J connectivity index is 1.96. The Morgan fingerprint density at radius 3 is 2.52 bits per heavy atom. The molecule has 122 valence electrons. The van der Waals surface area contributed by atoms with Gasteiger partial charge in [0.1, 0.15) is 6.04 Å². The third-order valence-electron chi connectivity index (χ3n) is 4.22. The molecule has 7 nitrogen and oxygen atoms in total. The molecule has 0 bridgehead atoms. The van der Waals surface area contributed by atoms with Crippen LogP contribution < -0.4 is 5.32 Å². The minimum Gasteiger partial charge on any atom is -0.322 e. The van der Waals surface area contributed by atoms with Gasteiger partial charge in [-0.3, -0.25) is 19.7 Å². The van der Waals surface area contributed by atoms with Crippen molar-refractivity contribution in [2.75, 3.05) is 6.26 Å². The van der Waals surface area contributed by atoms with Crippen LogP contribution in [0.3, 0.4) is 0 Å². The summed E-state index contributed by atoms with van der Waals surface area (Å²) in [5, 5.41) is 2.23. The highest BCUT2D eigenvalue weighted by Gasteiger charge is 2.39. The van der Waals surface area contributed by atoms with Crippen molar-refractivity contribution < 1.29 is 22.8 Å². The normalized spacial score (nSPS) is 21.4. The fourth-order valence-corrected chi connectivity index (χ4v) is 4.10. The van der Waals surface area contributed by atoms with Crippen molar-refractivity contribution in [2.45, 2.75) is 37.2 Å². The molecule has 2 heterocycles. The van der Waals surface area contributed by atoms with Gasteiger partial charge in [-0.25, -0.2) is 8.42 Å². The van der Waals surface area contributed by atoms with Crippen LogP contribution in [0.2, 0.25) is 0 Å². The van der Waals surface area contributed by atoms with Gasteiger partial charge in [-0.2, -0.15) is 0 Å². The van der Waals surface area contributed by atoms with Gasteiger partial charge in [0, 0.05) is 24.8 Å². The predicted octanol–water partition coefficient (Wildman–Crippen LogP) is 0.160. The van der Waals surface area contributed by atoms with Gasteiger partial charge < -0.3 is 4.90 Å².